The number of amides is 1. The highest BCUT2D eigenvalue weighted by molar-refractivity contribution is 7.99. The molecule has 1 fully saturated rings. The number of ether oxygens (including phenoxy) is 1. The average molecular weight is 309 g/mol. The number of carboxylic acid groups (broad SMARTS) is 1. The quantitative estimate of drug-likeness (QED) is 0.801. The first kappa shape index (κ1) is 15.9. The molecule has 21 heavy (non-hydrogen) atoms. The molecule has 0 saturated carbocycles. The van der Waals surface area contributed by atoms with E-state index < -0.39 is 12.1 Å². The van der Waals surface area contributed by atoms with E-state index in [-0.39, 0.29) is 12.0 Å². The summed E-state index contributed by atoms with van der Waals surface area (Å²) in [7, 11) is 0. The Labute approximate surface area is 128 Å². The van der Waals surface area contributed by atoms with Crippen LogP contribution >= 0.6 is 11.8 Å². The molecule has 2 unspecified atom stereocenters. The standard InChI is InChI=1S/C15H19NO4S/c17-14(10-21-9-11-4-2-1-3-5-11)16-8-12-6-7-13(20-12)15(18)19/h1-5,12-13H,6-10H2,(H,16,17)(H,18,19). The SMILES string of the molecule is O=C(CSCc1ccccc1)NCC1CCC(C(=O)O)O1. The number of rotatable bonds is 7. The van der Waals surface area contributed by atoms with E-state index in [0.717, 1.165) is 5.75 Å². The smallest absolute Gasteiger partial charge is 0.332 e. The minimum absolute atomic E-state index is 0.0432. The Morgan fingerprint density at radius 2 is 2.05 bits per heavy atom. The number of carbonyl (C=O) groups excluding carboxylic acids is 1. The second-order valence-electron chi connectivity index (χ2n) is 4.94. The van der Waals surface area contributed by atoms with E-state index in [9.17, 15) is 9.59 Å². The molecule has 5 nitrogen and oxygen atoms in total. The molecule has 1 aromatic carbocycles. The molecule has 2 atom stereocenters. The fourth-order valence-electron chi connectivity index (χ4n) is 2.15. The number of carboxylic acids is 1. The van der Waals surface area contributed by atoms with E-state index in [1.807, 2.05) is 30.3 Å². The molecule has 0 aromatic heterocycles. The molecule has 0 bridgehead atoms. The van der Waals surface area contributed by atoms with E-state index in [1.165, 1.54) is 5.56 Å². The van der Waals surface area contributed by atoms with Crippen LogP contribution in [0.1, 0.15) is 18.4 Å². The van der Waals surface area contributed by atoms with Crippen LogP contribution in [0.25, 0.3) is 0 Å². The molecule has 6 heteroatoms. The van der Waals surface area contributed by atoms with Gasteiger partial charge in [-0.15, -0.1) is 11.8 Å². The maximum atomic E-state index is 11.7. The molecular formula is C15H19NO4S. The van der Waals surface area contributed by atoms with Crippen molar-refractivity contribution in [3.8, 4) is 0 Å². The van der Waals surface area contributed by atoms with Crippen molar-refractivity contribution in [1.82, 2.24) is 5.32 Å². The Morgan fingerprint density at radius 3 is 2.71 bits per heavy atom. The van der Waals surface area contributed by atoms with Gasteiger partial charge in [0.1, 0.15) is 0 Å². The lowest BCUT2D eigenvalue weighted by atomic mass is 10.2. The summed E-state index contributed by atoms with van der Waals surface area (Å²) in [5.41, 5.74) is 1.19. The highest BCUT2D eigenvalue weighted by atomic mass is 32.2. The van der Waals surface area contributed by atoms with Crippen molar-refractivity contribution in [3.63, 3.8) is 0 Å². The summed E-state index contributed by atoms with van der Waals surface area (Å²) < 4.78 is 5.33. The Bertz CT molecular complexity index is 480. The third-order valence-electron chi connectivity index (χ3n) is 3.25. The summed E-state index contributed by atoms with van der Waals surface area (Å²) in [6.45, 7) is 0.383. The molecule has 2 N–H and O–H groups in total. The van der Waals surface area contributed by atoms with Gasteiger partial charge >= 0.3 is 5.97 Å². The number of aliphatic carboxylic acids is 1. The molecular weight excluding hydrogens is 290 g/mol. The van der Waals surface area contributed by atoms with Crippen LogP contribution in [0.3, 0.4) is 0 Å². The first-order valence-corrected chi connectivity index (χ1v) is 8.07. The minimum atomic E-state index is -0.928. The van der Waals surface area contributed by atoms with Gasteiger partial charge in [0.2, 0.25) is 5.91 Å². The van der Waals surface area contributed by atoms with E-state index in [2.05, 4.69) is 5.32 Å². The Balaban J connectivity index is 1.59. The van der Waals surface area contributed by atoms with Crippen molar-refractivity contribution in [2.24, 2.45) is 0 Å². The topological polar surface area (TPSA) is 75.6 Å². The number of carbonyl (C=O) groups is 2. The van der Waals surface area contributed by atoms with Crippen LogP contribution in [0.2, 0.25) is 0 Å². The lowest BCUT2D eigenvalue weighted by molar-refractivity contribution is -0.149. The summed E-state index contributed by atoms with van der Waals surface area (Å²) >= 11 is 1.56. The van der Waals surface area contributed by atoms with Gasteiger partial charge in [0.25, 0.3) is 0 Å². The number of hydrogen-bond donors (Lipinski definition) is 2. The first-order valence-electron chi connectivity index (χ1n) is 6.92. The largest absolute Gasteiger partial charge is 0.479 e. The van der Waals surface area contributed by atoms with Gasteiger partial charge < -0.3 is 15.2 Å². The van der Waals surface area contributed by atoms with Crippen molar-refractivity contribution >= 4 is 23.6 Å². The molecule has 1 saturated heterocycles. The highest BCUT2D eigenvalue weighted by Gasteiger charge is 2.30. The predicted molar refractivity (Wildman–Crippen MR) is 81.1 cm³/mol. The molecule has 1 amide bonds. The van der Waals surface area contributed by atoms with E-state index >= 15 is 0 Å². The van der Waals surface area contributed by atoms with Gasteiger partial charge in [0.05, 0.1) is 11.9 Å². The van der Waals surface area contributed by atoms with Gasteiger partial charge in [-0.3, -0.25) is 4.79 Å². The van der Waals surface area contributed by atoms with Gasteiger partial charge in [-0.2, -0.15) is 0 Å². The molecule has 1 heterocycles. The fourth-order valence-corrected chi connectivity index (χ4v) is 2.97. The summed E-state index contributed by atoms with van der Waals surface area (Å²) in [6.07, 6.45) is 0.279. The minimum Gasteiger partial charge on any atom is -0.479 e. The van der Waals surface area contributed by atoms with Crippen molar-refractivity contribution in [3.05, 3.63) is 35.9 Å². The zero-order chi connectivity index (χ0) is 15.1. The second-order valence-corrected chi connectivity index (χ2v) is 5.93. The van der Waals surface area contributed by atoms with Crippen LogP contribution in [-0.4, -0.2) is 41.5 Å². The van der Waals surface area contributed by atoms with Crippen LogP contribution in [0.4, 0.5) is 0 Å². The Hall–Kier alpha value is -1.53. The van der Waals surface area contributed by atoms with E-state index in [4.69, 9.17) is 9.84 Å². The fraction of sp³-hybridized carbons (Fsp3) is 0.467. The highest BCUT2D eigenvalue weighted by Crippen LogP contribution is 2.19. The first-order chi connectivity index (χ1) is 10.1. The van der Waals surface area contributed by atoms with Crippen LogP contribution in [0.5, 0.6) is 0 Å². The van der Waals surface area contributed by atoms with Gasteiger partial charge in [-0.1, -0.05) is 30.3 Å². The zero-order valence-electron chi connectivity index (χ0n) is 11.7. The normalized spacial score (nSPS) is 21.1. The molecule has 0 radical (unpaired) electrons. The van der Waals surface area contributed by atoms with Crippen molar-refractivity contribution < 1.29 is 19.4 Å². The van der Waals surface area contributed by atoms with Gasteiger partial charge in [-0.25, -0.2) is 4.79 Å². The maximum Gasteiger partial charge on any atom is 0.332 e. The van der Waals surface area contributed by atoms with E-state index in [0.29, 0.717) is 25.1 Å². The molecule has 0 aliphatic carbocycles. The Morgan fingerprint density at radius 1 is 1.29 bits per heavy atom. The van der Waals surface area contributed by atoms with Crippen molar-refractivity contribution in [2.45, 2.75) is 30.8 Å². The van der Waals surface area contributed by atoms with E-state index in [1.54, 1.807) is 11.8 Å². The van der Waals surface area contributed by atoms with Crippen molar-refractivity contribution in [1.29, 1.82) is 0 Å². The number of hydrogen-bond acceptors (Lipinski definition) is 4. The molecule has 0 spiro atoms. The number of thioether (sulfide) groups is 1. The molecule has 114 valence electrons. The lowest BCUT2D eigenvalue weighted by Crippen LogP contribution is -2.34. The monoisotopic (exact) mass is 309 g/mol. The molecule has 2 rings (SSSR count). The average Bonchev–Trinajstić information content (AvgIpc) is 2.95. The number of benzene rings is 1. The maximum absolute atomic E-state index is 11.7. The lowest BCUT2D eigenvalue weighted by Gasteiger charge is -2.12. The van der Waals surface area contributed by atoms with Crippen LogP contribution in [-0.2, 0) is 20.1 Å². The number of nitrogens with one attached hydrogen (secondary N) is 1. The van der Waals surface area contributed by atoms with Gasteiger partial charge in [0, 0.05) is 12.3 Å². The van der Waals surface area contributed by atoms with Crippen LogP contribution < -0.4 is 5.32 Å². The Kier molecular flexibility index (Phi) is 6.07. The molecule has 1 aliphatic heterocycles. The van der Waals surface area contributed by atoms with Crippen LogP contribution in [0, 0.1) is 0 Å². The van der Waals surface area contributed by atoms with Gasteiger partial charge in [-0.05, 0) is 18.4 Å². The second kappa shape index (κ2) is 8.05. The predicted octanol–water partition coefficient (Wildman–Crippen LogP) is 1.67. The third-order valence-corrected chi connectivity index (χ3v) is 4.26. The summed E-state index contributed by atoms with van der Waals surface area (Å²) in [5.74, 6) is 0.222. The molecule has 1 aromatic rings. The van der Waals surface area contributed by atoms with Crippen molar-refractivity contribution in [2.75, 3.05) is 12.3 Å². The summed E-state index contributed by atoms with van der Waals surface area (Å²) in [6, 6.07) is 9.98. The van der Waals surface area contributed by atoms with Gasteiger partial charge in [0.15, 0.2) is 6.10 Å². The third kappa shape index (κ3) is 5.40. The van der Waals surface area contributed by atoms with Crippen LogP contribution in [0.15, 0.2) is 30.3 Å². The summed E-state index contributed by atoms with van der Waals surface area (Å²) in [5, 5.41) is 11.6. The molecule has 1 aliphatic rings. The summed E-state index contributed by atoms with van der Waals surface area (Å²) in [4.78, 5) is 22.4. The zero-order valence-corrected chi connectivity index (χ0v) is 12.5.